The molecule has 0 unspecified atom stereocenters. The van der Waals surface area contributed by atoms with Crippen LogP contribution in [0.25, 0.3) is 21.8 Å². The summed E-state index contributed by atoms with van der Waals surface area (Å²) in [4.78, 5) is 6.89. The van der Waals surface area contributed by atoms with Crippen molar-refractivity contribution in [1.29, 1.82) is 0 Å². The first-order valence-corrected chi connectivity index (χ1v) is 10.1. The number of nitrogens with one attached hydrogen (secondary N) is 1. The van der Waals surface area contributed by atoms with Crippen LogP contribution in [0.2, 0.25) is 0 Å². The third-order valence-corrected chi connectivity index (χ3v) is 5.26. The molecule has 0 aliphatic rings. The molecular formula is C24H27FN4. The number of pyridine rings is 1. The molecule has 0 atom stereocenters. The highest BCUT2D eigenvalue weighted by Crippen LogP contribution is 2.31. The van der Waals surface area contributed by atoms with E-state index in [9.17, 15) is 4.39 Å². The summed E-state index contributed by atoms with van der Waals surface area (Å²) in [7, 11) is 4.19. The van der Waals surface area contributed by atoms with E-state index in [2.05, 4.69) is 59.2 Å². The molecule has 0 radical (unpaired) electrons. The third kappa shape index (κ3) is 4.31. The molecule has 0 bridgehead atoms. The van der Waals surface area contributed by atoms with Gasteiger partial charge < -0.3 is 14.8 Å². The van der Waals surface area contributed by atoms with E-state index in [-0.39, 0.29) is 5.82 Å². The van der Waals surface area contributed by atoms with Crippen LogP contribution in [0.5, 0.6) is 0 Å². The molecule has 29 heavy (non-hydrogen) atoms. The van der Waals surface area contributed by atoms with Crippen molar-refractivity contribution in [2.75, 3.05) is 27.2 Å². The van der Waals surface area contributed by atoms with Crippen molar-refractivity contribution >= 4 is 21.8 Å². The fourth-order valence-corrected chi connectivity index (χ4v) is 3.87. The number of nitrogens with zero attached hydrogens (tertiary/aromatic N) is 3. The van der Waals surface area contributed by atoms with Crippen molar-refractivity contribution in [3.8, 4) is 0 Å². The van der Waals surface area contributed by atoms with Crippen molar-refractivity contribution in [2.24, 2.45) is 0 Å². The van der Waals surface area contributed by atoms with Gasteiger partial charge in [-0.3, -0.25) is 4.98 Å². The molecule has 5 heteroatoms. The molecule has 2 heterocycles. The smallest absolute Gasteiger partial charge is 0.123 e. The van der Waals surface area contributed by atoms with Crippen LogP contribution in [0.1, 0.15) is 17.7 Å². The van der Waals surface area contributed by atoms with Crippen LogP contribution >= 0.6 is 0 Å². The third-order valence-electron chi connectivity index (χ3n) is 5.26. The highest BCUT2D eigenvalue weighted by molar-refractivity contribution is 6.08. The Morgan fingerprint density at radius 1 is 1.00 bits per heavy atom. The largest absolute Gasteiger partial charge is 0.334 e. The minimum Gasteiger partial charge on any atom is -0.334 e. The van der Waals surface area contributed by atoms with Crippen LogP contribution in [-0.2, 0) is 13.1 Å². The summed E-state index contributed by atoms with van der Waals surface area (Å²) in [6.07, 6.45) is 3.00. The van der Waals surface area contributed by atoms with Gasteiger partial charge in [0.1, 0.15) is 5.82 Å². The van der Waals surface area contributed by atoms with Crippen LogP contribution < -0.4 is 5.32 Å². The molecule has 0 spiro atoms. The Morgan fingerprint density at radius 2 is 1.79 bits per heavy atom. The first-order chi connectivity index (χ1) is 14.1. The Morgan fingerprint density at radius 3 is 2.59 bits per heavy atom. The van der Waals surface area contributed by atoms with Gasteiger partial charge in [-0.1, -0.05) is 30.3 Å². The summed E-state index contributed by atoms with van der Waals surface area (Å²) in [6, 6.07) is 17.3. The molecule has 4 aromatic rings. The molecule has 1 N–H and O–H groups in total. The van der Waals surface area contributed by atoms with E-state index in [0.717, 1.165) is 42.8 Å². The molecule has 2 aromatic carbocycles. The summed E-state index contributed by atoms with van der Waals surface area (Å²) in [5.41, 5.74) is 4.44. The molecular weight excluding hydrogens is 363 g/mol. The van der Waals surface area contributed by atoms with Crippen LogP contribution in [0.15, 0.2) is 60.8 Å². The quantitative estimate of drug-likeness (QED) is 0.452. The fourth-order valence-electron chi connectivity index (χ4n) is 3.87. The van der Waals surface area contributed by atoms with E-state index in [1.165, 1.54) is 28.4 Å². The zero-order chi connectivity index (χ0) is 20.2. The summed E-state index contributed by atoms with van der Waals surface area (Å²) in [5, 5.41) is 5.97. The van der Waals surface area contributed by atoms with Gasteiger partial charge in [0, 0.05) is 35.6 Å². The minimum atomic E-state index is -0.208. The van der Waals surface area contributed by atoms with Gasteiger partial charge >= 0.3 is 0 Å². The Balaban J connectivity index is 1.70. The normalized spacial score (nSPS) is 11.7. The average molecular weight is 391 g/mol. The molecule has 0 aliphatic carbocycles. The number of rotatable bonds is 8. The molecule has 0 saturated carbocycles. The van der Waals surface area contributed by atoms with Gasteiger partial charge in [0.25, 0.3) is 0 Å². The maximum atomic E-state index is 13.4. The predicted molar refractivity (Wildman–Crippen MR) is 118 cm³/mol. The van der Waals surface area contributed by atoms with Gasteiger partial charge in [-0.2, -0.15) is 0 Å². The summed E-state index contributed by atoms with van der Waals surface area (Å²) >= 11 is 0. The second-order valence-corrected chi connectivity index (χ2v) is 7.72. The molecule has 0 fully saturated rings. The van der Waals surface area contributed by atoms with Gasteiger partial charge in [-0.05, 0) is 63.4 Å². The van der Waals surface area contributed by atoms with E-state index < -0.39 is 0 Å². The van der Waals surface area contributed by atoms with Gasteiger partial charge in [-0.25, -0.2) is 4.39 Å². The first kappa shape index (κ1) is 19.6. The van der Waals surface area contributed by atoms with Gasteiger partial charge in [0.15, 0.2) is 0 Å². The van der Waals surface area contributed by atoms with Crippen molar-refractivity contribution in [3.63, 3.8) is 0 Å². The first-order valence-electron chi connectivity index (χ1n) is 10.1. The van der Waals surface area contributed by atoms with Crippen LogP contribution in [-0.4, -0.2) is 41.6 Å². The van der Waals surface area contributed by atoms with E-state index in [1.807, 2.05) is 18.3 Å². The van der Waals surface area contributed by atoms with Crippen molar-refractivity contribution in [3.05, 3.63) is 77.9 Å². The predicted octanol–water partition coefficient (Wildman–Crippen LogP) is 4.42. The topological polar surface area (TPSA) is 33.1 Å². The highest BCUT2D eigenvalue weighted by atomic mass is 19.1. The molecule has 0 amide bonds. The van der Waals surface area contributed by atoms with Gasteiger partial charge in [0.2, 0.25) is 0 Å². The summed E-state index contributed by atoms with van der Waals surface area (Å²) in [5.74, 6) is -0.208. The second-order valence-electron chi connectivity index (χ2n) is 7.72. The lowest BCUT2D eigenvalue weighted by molar-refractivity contribution is 0.394. The lowest BCUT2D eigenvalue weighted by Gasteiger charge is -2.12. The van der Waals surface area contributed by atoms with E-state index in [4.69, 9.17) is 4.98 Å². The van der Waals surface area contributed by atoms with Gasteiger partial charge in [-0.15, -0.1) is 0 Å². The van der Waals surface area contributed by atoms with E-state index >= 15 is 0 Å². The number of hydrogen-bond acceptors (Lipinski definition) is 3. The monoisotopic (exact) mass is 390 g/mol. The Hall–Kier alpha value is -2.76. The van der Waals surface area contributed by atoms with Crippen molar-refractivity contribution < 1.29 is 4.39 Å². The number of para-hydroxylation sites is 1. The number of fused-ring (bicyclic) bond motifs is 3. The number of benzene rings is 2. The average Bonchev–Trinajstić information content (AvgIpc) is 3.04. The summed E-state index contributed by atoms with van der Waals surface area (Å²) < 4.78 is 15.7. The zero-order valence-electron chi connectivity index (χ0n) is 17.0. The number of halogens is 1. The fraction of sp³-hybridized carbons (Fsp3) is 0.292. The molecule has 2 aromatic heterocycles. The van der Waals surface area contributed by atoms with Crippen LogP contribution in [0, 0.1) is 5.82 Å². The SMILES string of the molecule is CN(C)CCCNCc1nccc2c3ccccc3n(Cc3ccc(F)cc3)c12. The van der Waals surface area contributed by atoms with Crippen molar-refractivity contribution in [1.82, 2.24) is 19.8 Å². The number of hydrogen-bond donors (Lipinski definition) is 1. The van der Waals surface area contributed by atoms with Crippen LogP contribution in [0.4, 0.5) is 4.39 Å². The van der Waals surface area contributed by atoms with Crippen molar-refractivity contribution in [2.45, 2.75) is 19.5 Å². The maximum absolute atomic E-state index is 13.4. The highest BCUT2D eigenvalue weighted by Gasteiger charge is 2.14. The molecule has 0 aliphatic heterocycles. The van der Waals surface area contributed by atoms with E-state index in [0.29, 0.717) is 6.54 Å². The van der Waals surface area contributed by atoms with Gasteiger partial charge in [0.05, 0.1) is 11.2 Å². The Labute approximate surface area is 171 Å². The molecule has 4 rings (SSSR count). The number of aromatic nitrogens is 2. The Bertz CT molecular complexity index is 1100. The molecule has 0 saturated heterocycles. The lowest BCUT2D eigenvalue weighted by atomic mass is 10.1. The Kier molecular flexibility index (Phi) is 5.88. The zero-order valence-corrected chi connectivity index (χ0v) is 17.0. The second kappa shape index (κ2) is 8.72. The lowest BCUT2D eigenvalue weighted by Crippen LogP contribution is -2.21. The maximum Gasteiger partial charge on any atom is 0.123 e. The standard InChI is InChI=1S/C24H27FN4/c1-28(2)15-5-13-26-16-22-24-21(12-14-27-22)20-6-3-4-7-23(20)29(24)17-18-8-10-19(25)11-9-18/h3-4,6-12,14,26H,5,13,15-17H2,1-2H3. The molecule has 150 valence electrons. The van der Waals surface area contributed by atoms with E-state index in [1.54, 1.807) is 0 Å². The minimum absolute atomic E-state index is 0.208. The summed E-state index contributed by atoms with van der Waals surface area (Å²) in [6.45, 7) is 3.43. The van der Waals surface area contributed by atoms with Crippen LogP contribution in [0.3, 0.4) is 0 Å². The molecule has 4 nitrogen and oxygen atoms in total.